The standard InChI is InChI=1S/C23H19N3O3S/c1-29-20-10-6-5-9-18(20)24-21(27)16-11-12-17-19(13-16)25-23(30)26(22(17)28)14-15-7-3-2-4-8-15/h2-13H,14H2,1H3,(H,24,27)(H,25,30). The molecule has 0 unspecified atom stereocenters. The van der Waals surface area contributed by atoms with E-state index < -0.39 is 0 Å². The van der Waals surface area contributed by atoms with Crippen molar-refractivity contribution in [1.82, 2.24) is 9.55 Å². The lowest BCUT2D eigenvalue weighted by molar-refractivity contribution is 0.102. The Morgan fingerprint density at radius 1 is 1.07 bits per heavy atom. The Balaban J connectivity index is 1.68. The van der Waals surface area contributed by atoms with E-state index in [9.17, 15) is 9.59 Å². The van der Waals surface area contributed by atoms with Crippen molar-refractivity contribution in [1.29, 1.82) is 0 Å². The topological polar surface area (TPSA) is 76.1 Å². The lowest BCUT2D eigenvalue weighted by atomic mass is 10.1. The smallest absolute Gasteiger partial charge is 0.262 e. The van der Waals surface area contributed by atoms with Gasteiger partial charge in [0, 0.05) is 5.56 Å². The van der Waals surface area contributed by atoms with Crippen LogP contribution in [0.15, 0.2) is 77.6 Å². The summed E-state index contributed by atoms with van der Waals surface area (Å²) in [6, 6.07) is 21.7. The summed E-state index contributed by atoms with van der Waals surface area (Å²) in [5.74, 6) is 0.254. The molecule has 4 rings (SSSR count). The average molecular weight is 417 g/mol. The van der Waals surface area contributed by atoms with Crippen molar-refractivity contribution in [2.45, 2.75) is 6.54 Å². The van der Waals surface area contributed by atoms with Crippen LogP contribution in [0.2, 0.25) is 0 Å². The van der Waals surface area contributed by atoms with E-state index in [2.05, 4.69) is 10.3 Å². The maximum atomic E-state index is 13.0. The number of benzene rings is 3. The molecule has 0 bridgehead atoms. The number of methoxy groups -OCH3 is 1. The number of rotatable bonds is 5. The molecule has 1 amide bonds. The molecule has 0 aliphatic carbocycles. The van der Waals surface area contributed by atoms with Crippen molar-refractivity contribution in [3.8, 4) is 5.75 Å². The number of ether oxygens (including phenoxy) is 1. The van der Waals surface area contributed by atoms with E-state index in [-0.39, 0.29) is 11.5 Å². The van der Waals surface area contributed by atoms with Crippen molar-refractivity contribution in [2.24, 2.45) is 0 Å². The Bertz CT molecular complexity index is 1340. The number of carbonyl (C=O) groups excluding carboxylic acids is 1. The van der Waals surface area contributed by atoms with Crippen LogP contribution in [0.3, 0.4) is 0 Å². The maximum Gasteiger partial charge on any atom is 0.262 e. The average Bonchev–Trinajstić information content (AvgIpc) is 2.77. The van der Waals surface area contributed by atoms with E-state index in [1.54, 1.807) is 37.4 Å². The maximum absolute atomic E-state index is 13.0. The van der Waals surface area contributed by atoms with Gasteiger partial charge in [-0.15, -0.1) is 0 Å². The molecule has 0 aliphatic rings. The number of H-pyrrole nitrogens is 1. The number of amides is 1. The Morgan fingerprint density at radius 3 is 2.57 bits per heavy atom. The second-order valence-corrected chi connectivity index (χ2v) is 7.11. The third-order valence-corrected chi connectivity index (χ3v) is 5.11. The van der Waals surface area contributed by atoms with E-state index in [1.807, 2.05) is 42.5 Å². The first kappa shape index (κ1) is 19.6. The quantitative estimate of drug-likeness (QED) is 0.473. The fraction of sp³-hybridized carbons (Fsp3) is 0.0870. The van der Waals surface area contributed by atoms with Crippen LogP contribution >= 0.6 is 12.2 Å². The Hall–Kier alpha value is -3.71. The predicted molar refractivity (Wildman–Crippen MR) is 120 cm³/mol. The van der Waals surface area contributed by atoms with E-state index in [4.69, 9.17) is 17.0 Å². The second-order valence-electron chi connectivity index (χ2n) is 6.72. The van der Waals surface area contributed by atoms with Crippen LogP contribution in [0.25, 0.3) is 10.9 Å². The zero-order valence-electron chi connectivity index (χ0n) is 16.2. The molecular weight excluding hydrogens is 398 g/mol. The number of hydrogen-bond donors (Lipinski definition) is 2. The highest BCUT2D eigenvalue weighted by molar-refractivity contribution is 7.71. The fourth-order valence-electron chi connectivity index (χ4n) is 3.25. The highest BCUT2D eigenvalue weighted by Crippen LogP contribution is 2.24. The van der Waals surface area contributed by atoms with Gasteiger partial charge in [-0.05, 0) is 48.1 Å². The molecule has 1 heterocycles. The Morgan fingerprint density at radius 2 is 1.80 bits per heavy atom. The van der Waals surface area contributed by atoms with Crippen molar-refractivity contribution in [3.63, 3.8) is 0 Å². The van der Waals surface area contributed by atoms with E-state index in [0.717, 1.165) is 5.56 Å². The molecule has 0 aliphatic heterocycles. The summed E-state index contributed by atoms with van der Waals surface area (Å²) in [6.07, 6.45) is 0. The number of aromatic nitrogens is 2. The third kappa shape index (κ3) is 3.88. The first-order valence-electron chi connectivity index (χ1n) is 9.32. The van der Waals surface area contributed by atoms with Gasteiger partial charge in [-0.3, -0.25) is 14.2 Å². The number of anilines is 1. The van der Waals surface area contributed by atoms with Gasteiger partial charge in [0.2, 0.25) is 0 Å². The van der Waals surface area contributed by atoms with Gasteiger partial charge < -0.3 is 15.0 Å². The summed E-state index contributed by atoms with van der Waals surface area (Å²) in [5.41, 5.74) is 2.26. The SMILES string of the molecule is COc1ccccc1NC(=O)c1ccc2c(=O)n(Cc3ccccc3)c(=S)[nH]c2c1. The van der Waals surface area contributed by atoms with Crippen molar-refractivity contribution < 1.29 is 9.53 Å². The predicted octanol–water partition coefficient (Wildman–Crippen LogP) is 4.37. The van der Waals surface area contributed by atoms with Crippen LogP contribution < -0.4 is 15.6 Å². The zero-order valence-corrected chi connectivity index (χ0v) is 17.0. The first-order valence-corrected chi connectivity index (χ1v) is 9.73. The van der Waals surface area contributed by atoms with Crippen LogP contribution in [0.1, 0.15) is 15.9 Å². The Kier molecular flexibility index (Phi) is 5.45. The van der Waals surface area contributed by atoms with Crippen molar-refractivity contribution in [2.75, 3.05) is 12.4 Å². The minimum absolute atomic E-state index is 0.200. The molecule has 0 spiro atoms. The molecule has 0 fully saturated rings. The number of para-hydroxylation sites is 2. The summed E-state index contributed by atoms with van der Waals surface area (Å²) < 4.78 is 7.09. The first-order chi connectivity index (χ1) is 14.6. The number of hydrogen-bond acceptors (Lipinski definition) is 4. The Labute approximate surface area is 177 Å². The van der Waals surface area contributed by atoms with Crippen molar-refractivity contribution >= 4 is 34.7 Å². The normalized spacial score (nSPS) is 10.7. The summed E-state index contributed by atoms with van der Waals surface area (Å²) >= 11 is 5.40. The molecular formula is C23H19N3O3S. The number of nitrogens with one attached hydrogen (secondary N) is 2. The monoisotopic (exact) mass is 417 g/mol. The van der Waals surface area contributed by atoms with Gasteiger partial charge in [-0.25, -0.2) is 0 Å². The van der Waals surface area contributed by atoms with Crippen LogP contribution in [0, 0.1) is 4.77 Å². The van der Waals surface area contributed by atoms with Crippen LogP contribution in [0.5, 0.6) is 5.75 Å². The molecule has 0 saturated heterocycles. The van der Waals surface area contributed by atoms with Gasteiger partial charge in [-0.2, -0.15) is 0 Å². The molecule has 150 valence electrons. The summed E-state index contributed by atoms with van der Waals surface area (Å²) in [6.45, 7) is 0.376. The van der Waals surface area contributed by atoms with Gasteiger partial charge in [-0.1, -0.05) is 42.5 Å². The molecule has 2 N–H and O–H groups in total. The molecule has 1 aromatic heterocycles. The second kappa shape index (κ2) is 8.34. The lowest BCUT2D eigenvalue weighted by Crippen LogP contribution is -2.23. The van der Waals surface area contributed by atoms with E-state index >= 15 is 0 Å². The summed E-state index contributed by atoms with van der Waals surface area (Å²) in [4.78, 5) is 28.8. The minimum atomic E-state index is -0.311. The molecule has 0 radical (unpaired) electrons. The number of nitrogens with zero attached hydrogens (tertiary/aromatic N) is 1. The molecule has 30 heavy (non-hydrogen) atoms. The molecule has 3 aromatic carbocycles. The van der Waals surface area contributed by atoms with Gasteiger partial charge in [0.1, 0.15) is 5.75 Å². The van der Waals surface area contributed by atoms with Crippen LogP contribution in [-0.4, -0.2) is 22.6 Å². The van der Waals surface area contributed by atoms with Gasteiger partial charge in [0.05, 0.1) is 30.2 Å². The molecule has 0 atom stereocenters. The minimum Gasteiger partial charge on any atom is -0.495 e. The number of fused-ring (bicyclic) bond motifs is 1. The van der Waals surface area contributed by atoms with E-state index in [0.29, 0.717) is 39.2 Å². The van der Waals surface area contributed by atoms with Crippen LogP contribution in [0.4, 0.5) is 5.69 Å². The lowest BCUT2D eigenvalue weighted by Gasteiger charge is -2.11. The zero-order chi connectivity index (χ0) is 21.1. The molecule has 7 heteroatoms. The highest BCUT2D eigenvalue weighted by Gasteiger charge is 2.12. The number of carbonyl (C=O) groups is 1. The van der Waals surface area contributed by atoms with E-state index in [1.165, 1.54) is 4.57 Å². The molecule has 0 saturated carbocycles. The number of aromatic amines is 1. The highest BCUT2D eigenvalue weighted by atomic mass is 32.1. The summed E-state index contributed by atoms with van der Waals surface area (Å²) in [5, 5.41) is 3.29. The third-order valence-electron chi connectivity index (χ3n) is 4.78. The largest absolute Gasteiger partial charge is 0.495 e. The van der Waals surface area contributed by atoms with Gasteiger partial charge in [0.25, 0.3) is 11.5 Å². The van der Waals surface area contributed by atoms with Crippen LogP contribution in [-0.2, 0) is 6.54 Å². The fourth-order valence-corrected chi connectivity index (χ4v) is 3.51. The molecule has 4 aromatic rings. The van der Waals surface area contributed by atoms with Crippen molar-refractivity contribution in [3.05, 3.63) is 99.0 Å². The van der Waals surface area contributed by atoms with Gasteiger partial charge in [0.15, 0.2) is 4.77 Å². The molecule has 6 nitrogen and oxygen atoms in total. The summed E-state index contributed by atoms with van der Waals surface area (Å²) in [7, 11) is 1.54. The van der Waals surface area contributed by atoms with Gasteiger partial charge >= 0.3 is 0 Å².